The molecule has 0 atom stereocenters. The fourth-order valence-corrected chi connectivity index (χ4v) is 5.48. The summed E-state index contributed by atoms with van der Waals surface area (Å²) in [6, 6.07) is 13.1. The van der Waals surface area contributed by atoms with Crippen LogP contribution < -0.4 is 9.21 Å². The smallest absolute Gasteiger partial charge is 0.253 e. The minimum absolute atomic E-state index is 0.0183. The number of nitrogens with zero attached hydrogens (tertiary/aromatic N) is 4. The Balaban J connectivity index is 1.43. The summed E-state index contributed by atoms with van der Waals surface area (Å²) in [6.45, 7) is 2.34. The summed E-state index contributed by atoms with van der Waals surface area (Å²) in [4.78, 5) is 16.5. The summed E-state index contributed by atoms with van der Waals surface area (Å²) < 4.78 is 39.3. The molecule has 30 heavy (non-hydrogen) atoms. The van der Waals surface area contributed by atoms with Crippen LogP contribution >= 0.6 is 0 Å². The molecule has 2 aliphatic rings. The van der Waals surface area contributed by atoms with Crippen molar-refractivity contribution >= 4 is 27.3 Å². The summed E-state index contributed by atoms with van der Waals surface area (Å²) in [5, 5.41) is 9.23. The Morgan fingerprint density at radius 1 is 1.00 bits per heavy atom. The molecule has 9 heteroatoms. The molecule has 2 aliphatic heterocycles. The van der Waals surface area contributed by atoms with E-state index in [0.29, 0.717) is 56.1 Å². The lowest BCUT2D eigenvalue weighted by Gasteiger charge is -2.36. The van der Waals surface area contributed by atoms with E-state index in [4.69, 9.17) is 0 Å². The van der Waals surface area contributed by atoms with Crippen molar-refractivity contribution in [2.45, 2.75) is 6.42 Å². The van der Waals surface area contributed by atoms with Crippen molar-refractivity contribution in [1.29, 1.82) is 5.26 Å². The third-order valence-electron chi connectivity index (χ3n) is 5.51. The first kappa shape index (κ1) is 20.2. The van der Waals surface area contributed by atoms with Gasteiger partial charge in [-0.1, -0.05) is 6.07 Å². The minimum atomic E-state index is -3.25. The van der Waals surface area contributed by atoms with Gasteiger partial charge in [0.1, 0.15) is 17.4 Å². The van der Waals surface area contributed by atoms with Gasteiger partial charge in [-0.2, -0.15) is 5.26 Å². The fraction of sp³-hybridized carbons (Fsp3) is 0.333. The van der Waals surface area contributed by atoms with Crippen LogP contribution in [0.4, 0.5) is 15.8 Å². The second-order valence-corrected chi connectivity index (χ2v) is 9.33. The van der Waals surface area contributed by atoms with Crippen LogP contribution in [0.2, 0.25) is 0 Å². The average molecular weight is 428 g/mol. The molecular weight excluding hydrogens is 407 g/mol. The van der Waals surface area contributed by atoms with Gasteiger partial charge in [-0.3, -0.25) is 9.10 Å². The van der Waals surface area contributed by atoms with Crippen LogP contribution in [0.25, 0.3) is 0 Å². The lowest BCUT2D eigenvalue weighted by atomic mass is 10.1. The Bertz CT molecular complexity index is 1100. The van der Waals surface area contributed by atoms with E-state index in [1.807, 2.05) is 11.0 Å². The molecule has 7 nitrogen and oxygen atoms in total. The monoisotopic (exact) mass is 428 g/mol. The molecule has 1 amide bonds. The Labute approximate surface area is 175 Å². The van der Waals surface area contributed by atoms with Gasteiger partial charge < -0.3 is 9.80 Å². The van der Waals surface area contributed by atoms with Crippen molar-refractivity contribution in [3.8, 4) is 6.07 Å². The third kappa shape index (κ3) is 3.71. The van der Waals surface area contributed by atoms with Gasteiger partial charge in [-0.25, -0.2) is 12.8 Å². The highest BCUT2D eigenvalue weighted by atomic mass is 32.2. The van der Waals surface area contributed by atoms with Crippen molar-refractivity contribution in [3.05, 3.63) is 59.4 Å². The Kier molecular flexibility index (Phi) is 5.35. The van der Waals surface area contributed by atoms with E-state index in [0.717, 1.165) is 0 Å². The van der Waals surface area contributed by atoms with Crippen molar-refractivity contribution in [1.82, 2.24) is 4.90 Å². The van der Waals surface area contributed by atoms with E-state index in [9.17, 15) is 22.9 Å². The molecule has 0 saturated carbocycles. The standard InChI is InChI=1S/C21H21FN4O3S/c22-19-3-1-4-20(18(19)15-23)24-10-12-25(13-11-24)21(27)16-5-7-17(8-6-16)26-9-2-14-30(26,28)29/h1,3-8H,2,9-14H2. The SMILES string of the molecule is N#Cc1c(F)cccc1N1CCN(C(=O)c2ccc(N3CCCS3(=O)=O)cc2)CC1. The highest BCUT2D eigenvalue weighted by molar-refractivity contribution is 7.93. The van der Waals surface area contributed by atoms with E-state index in [2.05, 4.69) is 0 Å². The van der Waals surface area contributed by atoms with Gasteiger partial charge in [0, 0.05) is 38.3 Å². The van der Waals surface area contributed by atoms with Gasteiger partial charge in [0.25, 0.3) is 5.91 Å². The van der Waals surface area contributed by atoms with E-state index in [1.54, 1.807) is 41.3 Å². The number of hydrogen-bond acceptors (Lipinski definition) is 5. The van der Waals surface area contributed by atoms with Gasteiger partial charge in [-0.15, -0.1) is 0 Å². The van der Waals surface area contributed by atoms with Gasteiger partial charge >= 0.3 is 0 Å². The van der Waals surface area contributed by atoms with Crippen LogP contribution in [0.15, 0.2) is 42.5 Å². The summed E-state index contributed by atoms with van der Waals surface area (Å²) in [5.74, 6) is -0.532. The summed E-state index contributed by atoms with van der Waals surface area (Å²) >= 11 is 0. The first-order chi connectivity index (χ1) is 14.4. The average Bonchev–Trinajstić information content (AvgIpc) is 3.12. The van der Waals surface area contributed by atoms with Gasteiger partial charge in [0.05, 0.1) is 17.1 Å². The van der Waals surface area contributed by atoms with Crippen LogP contribution in [0.5, 0.6) is 0 Å². The molecule has 0 radical (unpaired) electrons. The topological polar surface area (TPSA) is 84.7 Å². The number of benzene rings is 2. The molecule has 0 aliphatic carbocycles. The molecular formula is C21H21FN4O3S. The second kappa shape index (κ2) is 7.95. The fourth-order valence-electron chi connectivity index (χ4n) is 3.92. The highest BCUT2D eigenvalue weighted by Gasteiger charge is 2.29. The van der Waals surface area contributed by atoms with Crippen molar-refractivity contribution in [2.75, 3.05) is 47.7 Å². The Hall–Kier alpha value is -3.12. The molecule has 2 aromatic carbocycles. The van der Waals surface area contributed by atoms with Gasteiger partial charge in [0.15, 0.2) is 0 Å². The number of sulfonamides is 1. The summed E-state index contributed by atoms with van der Waals surface area (Å²) in [6.07, 6.45) is 0.603. The lowest BCUT2D eigenvalue weighted by molar-refractivity contribution is 0.0746. The molecule has 156 valence electrons. The molecule has 2 saturated heterocycles. The van der Waals surface area contributed by atoms with Gasteiger partial charge in [0.2, 0.25) is 10.0 Å². The predicted octanol–water partition coefficient (Wildman–Crippen LogP) is 2.20. The van der Waals surface area contributed by atoms with Crippen LogP contribution in [-0.2, 0) is 10.0 Å². The molecule has 2 aromatic rings. The van der Waals surface area contributed by atoms with Crippen molar-refractivity contribution < 1.29 is 17.6 Å². The molecule has 0 aromatic heterocycles. The van der Waals surface area contributed by atoms with Crippen LogP contribution in [0.1, 0.15) is 22.3 Å². The number of anilines is 2. The van der Waals surface area contributed by atoms with Crippen LogP contribution in [-0.4, -0.2) is 57.7 Å². The molecule has 4 rings (SSSR count). The Morgan fingerprint density at radius 3 is 2.30 bits per heavy atom. The number of rotatable bonds is 3. The molecule has 0 N–H and O–H groups in total. The van der Waals surface area contributed by atoms with E-state index < -0.39 is 15.8 Å². The number of carbonyl (C=O) groups is 1. The molecule has 2 heterocycles. The summed E-state index contributed by atoms with van der Waals surface area (Å²) in [5.41, 5.74) is 1.63. The van der Waals surface area contributed by atoms with Crippen LogP contribution in [0, 0.1) is 17.1 Å². The number of piperazine rings is 1. The zero-order valence-corrected chi connectivity index (χ0v) is 17.1. The zero-order chi connectivity index (χ0) is 21.3. The maximum absolute atomic E-state index is 13.9. The molecule has 0 unspecified atom stereocenters. The summed E-state index contributed by atoms with van der Waals surface area (Å²) in [7, 11) is -3.25. The predicted molar refractivity (Wildman–Crippen MR) is 111 cm³/mol. The van der Waals surface area contributed by atoms with E-state index >= 15 is 0 Å². The maximum Gasteiger partial charge on any atom is 0.253 e. The zero-order valence-electron chi connectivity index (χ0n) is 16.3. The first-order valence-corrected chi connectivity index (χ1v) is 11.3. The normalized spacial score (nSPS) is 18.3. The van der Waals surface area contributed by atoms with E-state index in [-0.39, 0.29) is 17.2 Å². The molecule has 0 spiro atoms. The molecule has 0 bridgehead atoms. The number of amides is 1. The van der Waals surface area contributed by atoms with Crippen LogP contribution in [0.3, 0.4) is 0 Å². The number of carbonyl (C=O) groups excluding carboxylic acids is 1. The first-order valence-electron chi connectivity index (χ1n) is 9.74. The second-order valence-electron chi connectivity index (χ2n) is 7.31. The quantitative estimate of drug-likeness (QED) is 0.748. The number of halogens is 1. The Morgan fingerprint density at radius 2 is 1.70 bits per heavy atom. The maximum atomic E-state index is 13.9. The largest absolute Gasteiger partial charge is 0.367 e. The highest BCUT2D eigenvalue weighted by Crippen LogP contribution is 2.26. The van der Waals surface area contributed by atoms with Crippen molar-refractivity contribution in [2.24, 2.45) is 0 Å². The molecule has 2 fully saturated rings. The minimum Gasteiger partial charge on any atom is -0.367 e. The third-order valence-corrected chi connectivity index (χ3v) is 7.38. The number of hydrogen-bond donors (Lipinski definition) is 0. The van der Waals surface area contributed by atoms with Crippen molar-refractivity contribution in [3.63, 3.8) is 0 Å². The number of nitriles is 1. The lowest BCUT2D eigenvalue weighted by Crippen LogP contribution is -2.49. The van der Waals surface area contributed by atoms with Gasteiger partial charge in [-0.05, 0) is 42.8 Å². The van der Waals surface area contributed by atoms with E-state index in [1.165, 1.54) is 10.4 Å².